The average molecular weight is 306 g/mol. The molecule has 0 aromatic carbocycles. The highest BCUT2D eigenvalue weighted by atomic mass is 32.1. The number of aromatic amines is 1. The molecule has 5 nitrogen and oxygen atoms in total. The molecule has 2 atom stereocenters. The minimum atomic E-state index is -0.331. The van der Waals surface area contributed by atoms with Crippen LogP contribution >= 0.6 is 11.3 Å². The van der Waals surface area contributed by atoms with Gasteiger partial charge in [-0.3, -0.25) is 4.79 Å². The van der Waals surface area contributed by atoms with E-state index < -0.39 is 0 Å². The molecule has 0 radical (unpaired) electrons. The van der Waals surface area contributed by atoms with Crippen molar-refractivity contribution in [2.45, 2.75) is 26.2 Å². The van der Waals surface area contributed by atoms with Crippen molar-refractivity contribution in [1.29, 1.82) is 0 Å². The highest BCUT2D eigenvalue weighted by molar-refractivity contribution is 7.12. The number of nitrogens with one attached hydrogen (secondary N) is 1. The maximum absolute atomic E-state index is 11.6. The number of H-pyrrole nitrogens is 1. The third-order valence-electron chi connectivity index (χ3n) is 3.62. The van der Waals surface area contributed by atoms with Gasteiger partial charge in [0.25, 0.3) is 0 Å². The summed E-state index contributed by atoms with van der Waals surface area (Å²) in [6.07, 6.45) is 3.24. The molecule has 0 bridgehead atoms. The van der Waals surface area contributed by atoms with Gasteiger partial charge in [0.1, 0.15) is 10.7 Å². The molecule has 2 aromatic heterocycles. The number of thiophene rings is 1. The number of rotatable bonds is 6. The van der Waals surface area contributed by atoms with Crippen molar-refractivity contribution in [2.75, 3.05) is 7.11 Å². The summed E-state index contributed by atoms with van der Waals surface area (Å²) in [6, 6.07) is 1.84. The summed E-state index contributed by atoms with van der Waals surface area (Å²) in [5.74, 6) is 0.775. The maximum Gasteiger partial charge on any atom is 0.348 e. The van der Waals surface area contributed by atoms with Crippen molar-refractivity contribution in [3.63, 3.8) is 0 Å². The van der Waals surface area contributed by atoms with Crippen molar-refractivity contribution >= 4 is 23.6 Å². The summed E-state index contributed by atoms with van der Waals surface area (Å²) in [7, 11) is 1.37. The number of hydrogen-bond acceptors (Lipinski definition) is 5. The minimum Gasteiger partial charge on any atom is -0.465 e. The van der Waals surface area contributed by atoms with Crippen molar-refractivity contribution < 1.29 is 14.3 Å². The molecule has 0 saturated carbocycles. The number of carbonyl (C=O) groups excluding carboxylic acids is 2. The zero-order chi connectivity index (χ0) is 15.4. The lowest BCUT2D eigenvalue weighted by Crippen LogP contribution is -2.12. The van der Waals surface area contributed by atoms with Crippen molar-refractivity contribution in [1.82, 2.24) is 9.97 Å². The van der Waals surface area contributed by atoms with Gasteiger partial charge in [0.05, 0.1) is 19.0 Å². The van der Waals surface area contributed by atoms with E-state index in [-0.39, 0.29) is 11.9 Å². The fourth-order valence-electron chi connectivity index (χ4n) is 2.28. The van der Waals surface area contributed by atoms with Crippen LogP contribution in [0.15, 0.2) is 17.6 Å². The van der Waals surface area contributed by atoms with Gasteiger partial charge < -0.3 is 9.72 Å². The first-order valence-electron chi connectivity index (χ1n) is 6.77. The number of hydrogen-bond donors (Lipinski definition) is 1. The van der Waals surface area contributed by atoms with Gasteiger partial charge in [0.15, 0.2) is 6.29 Å². The van der Waals surface area contributed by atoms with E-state index in [1.807, 2.05) is 11.4 Å². The largest absolute Gasteiger partial charge is 0.465 e. The molecule has 0 amide bonds. The number of carbonyl (C=O) groups is 2. The van der Waals surface area contributed by atoms with E-state index in [9.17, 15) is 9.59 Å². The first-order valence-corrected chi connectivity index (χ1v) is 7.65. The molecule has 6 heteroatoms. The molecule has 0 saturated heterocycles. The number of aldehydes is 1. The Labute approximate surface area is 127 Å². The molecule has 2 heterocycles. The van der Waals surface area contributed by atoms with Crippen LogP contribution < -0.4 is 0 Å². The Morgan fingerprint density at radius 3 is 2.90 bits per heavy atom. The second kappa shape index (κ2) is 6.67. The van der Waals surface area contributed by atoms with Crippen molar-refractivity contribution in [2.24, 2.45) is 5.92 Å². The lowest BCUT2D eigenvalue weighted by atomic mass is 9.86. The number of imidazole rings is 1. The fraction of sp³-hybridized carbons (Fsp3) is 0.400. The molecular weight excluding hydrogens is 288 g/mol. The third kappa shape index (κ3) is 3.21. The summed E-state index contributed by atoms with van der Waals surface area (Å²) >= 11 is 1.36. The monoisotopic (exact) mass is 306 g/mol. The van der Waals surface area contributed by atoms with E-state index >= 15 is 0 Å². The average Bonchev–Trinajstić information content (AvgIpc) is 3.16. The molecule has 2 rings (SSSR count). The van der Waals surface area contributed by atoms with Gasteiger partial charge in [0, 0.05) is 5.92 Å². The molecule has 0 fully saturated rings. The lowest BCUT2D eigenvalue weighted by molar-refractivity contribution is 0.0606. The van der Waals surface area contributed by atoms with Crippen LogP contribution in [0.4, 0.5) is 0 Å². The molecule has 112 valence electrons. The zero-order valence-electron chi connectivity index (χ0n) is 12.3. The molecule has 1 N–H and O–H groups in total. The van der Waals surface area contributed by atoms with E-state index in [1.165, 1.54) is 24.6 Å². The van der Waals surface area contributed by atoms with Gasteiger partial charge >= 0.3 is 5.97 Å². The molecule has 0 aliphatic carbocycles. The number of ether oxygens (including phenoxy) is 1. The second-order valence-electron chi connectivity index (χ2n) is 4.94. The predicted octanol–water partition coefficient (Wildman–Crippen LogP) is 3.25. The molecule has 2 aromatic rings. The second-order valence-corrected chi connectivity index (χ2v) is 5.85. The molecule has 0 spiro atoms. The Morgan fingerprint density at radius 2 is 2.33 bits per heavy atom. The Bertz CT molecular complexity index is 632. The van der Waals surface area contributed by atoms with Crippen LogP contribution in [0.1, 0.15) is 57.7 Å². The SMILES string of the molecule is CCC(C)C(c1csc(C(=O)OC)c1)c1ncc(C=O)[nH]1. The van der Waals surface area contributed by atoms with Crippen molar-refractivity contribution in [3.8, 4) is 0 Å². The van der Waals surface area contributed by atoms with Gasteiger partial charge in [-0.15, -0.1) is 11.3 Å². The molecule has 2 unspecified atom stereocenters. The zero-order valence-corrected chi connectivity index (χ0v) is 13.1. The standard InChI is InChI=1S/C15H18N2O3S/c1-4-9(2)13(14-16-6-11(7-18)17-14)10-5-12(21-8-10)15(19)20-3/h5-9,13H,4H2,1-3H3,(H,16,17). The van der Waals surface area contributed by atoms with E-state index in [0.717, 1.165) is 24.1 Å². The van der Waals surface area contributed by atoms with Crippen LogP contribution in [0.3, 0.4) is 0 Å². The highest BCUT2D eigenvalue weighted by Crippen LogP contribution is 2.34. The van der Waals surface area contributed by atoms with Gasteiger partial charge in [0.2, 0.25) is 0 Å². The smallest absolute Gasteiger partial charge is 0.348 e. The summed E-state index contributed by atoms with van der Waals surface area (Å²) < 4.78 is 4.75. The van der Waals surface area contributed by atoms with E-state index in [0.29, 0.717) is 16.5 Å². The highest BCUT2D eigenvalue weighted by Gasteiger charge is 2.25. The van der Waals surface area contributed by atoms with Crippen LogP contribution in [0.25, 0.3) is 0 Å². The Morgan fingerprint density at radius 1 is 1.57 bits per heavy atom. The van der Waals surface area contributed by atoms with Crippen LogP contribution in [0.2, 0.25) is 0 Å². The third-order valence-corrected chi connectivity index (χ3v) is 4.54. The Balaban J connectivity index is 2.38. The maximum atomic E-state index is 11.6. The number of nitrogens with zero attached hydrogens (tertiary/aromatic N) is 1. The van der Waals surface area contributed by atoms with E-state index in [4.69, 9.17) is 4.74 Å². The Hall–Kier alpha value is -1.95. The van der Waals surface area contributed by atoms with Crippen molar-refractivity contribution in [3.05, 3.63) is 39.6 Å². The van der Waals surface area contributed by atoms with E-state index in [1.54, 1.807) is 0 Å². The van der Waals surface area contributed by atoms with Gasteiger partial charge in [-0.1, -0.05) is 20.3 Å². The van der Waals surface area contributed by atoms with Crippen LogP contribution in [-0.4, -0.2) is 29.3 Å². The van der Waals surface area contributed by atoms with Crippen LogP contribution in [0.5, 0.6) is 0 Å². The topological polar surface area (TPSA) is 72.0 Å². The fourth-order valence-corrected chi connectivity index (χ4v) is 3.14. The first kappa shape index (κ1) is 15.4. The van der Waals surface area contributed by atoms with Crippen LogP contribution in [-0.2, 0) is 4.74 Å². The molecule has 0 aliphatic rings. The molecule has 0 aliphatic heterocycles. The molecular formula is C15H18N2O3S. The van der Waals surface area contributed by atoms with Gasteiger partial charge in [-0.05, 0) is 22.9 Å². The molecule has 21 heavy (non-hydrogen) atoms. The minimum absolute atomic E-state index is 0.0263. The summed E-state index contributed by atoms with van der Waals surface area (Å²) in [4.78, 5) is 30.3. The quantitative estimate of drug-likeness (QED) is 0.657. The van der Waals surface area contributed by atoms with E-state index in [2.05, 4.69) is 23.8 Å². The number of aromatic nitrogens is 2. The summed E-state index contributed by atoms with van der Waals surface area (Å²) in [5.41, 5.74) is 1.48. The summed E-state index contributed by atoms with van der Waals surface area (Å²) in [5, 5.41) is 1.95. The van der Waals surface area contributed by atoms with Gasteiger partial charge in [-0.2, -0.15) is 0 Å². The number of esters is 1. The van der Waals surface area contributed by atoms with Crippen LogP contribution in [0, 0.1) is 5.92 Å². The summed E-state index contributed by atoms with van der Waals surface area (Å²) in [6.45, 7) is 4.23. The Kier molecular flexibility index (Phi) is 4.90. The predicted molar refractivity (Wildman–Crippen MR) is 80.9 cm³/mol. The lowest BCUT2D eigenvalue weighted by Gasteiger charge is -2.20. The first-order chi connectivity index (χ1) is 10.1. The normalized spacial score (nSPS) is 13.7. The van der Waals surface area contributed by atoms with Gasteiger partial charge in [-0.25, -0.2) is 9.78 Å². The number of methoxy groups -OCH3 is 1.